The first-order valence-corrected chi connectivity index (χ1v) is 7.01. The zero-order chi connectivity index (χ0) is 15.5. The van der Waals surface area contributed by atoms with Crippen LogP contribution in [0.4, 0.5) is 11.9 Å². The van der Waals surface area contributed by atoms with Crippen LogP contribution in [0.5, 0.6) is 6.01 Å². The van der Waals surface area contributed by atoms with Crippen molar-refractivity contribution in [3.63, 3.8) is 0 Å². The largest absolute Gasteiger partial charge is 0.467 e. The van der Waals surface area contributed by atoms with Gasteiger partial charge >= 0.3 is 6.01 Å². The SMILES string of the molecule is CCNc1nc(OC)nc(N(CCCOC)CCOC)n1. The van der Waals surface area contributed by atoms with Gasteiger partial charge in [0.05, 0.1) is 13.7 Å². The second kappa shape index (κ2) is 10.1. The highest BCUT2D eigenvalue weighted by Crippen LogP contribution is 2.15. The molecular weight excluding hydrogens is 274 g/mol. The van der Waals surface area contributed by atoms with Gasteiger partial charge in [0.25, 0.3) is 0 Å². The normalized spacial score (nSPS) is 10.5. The molecule has 1 heterocycles. The highest BCUT2D eigenvalue weighted by Gasteiger charge is 2.13. The molecular formula is C13H25N5O3. The summed E-state index contributed by atoms with van der Waals surface area (Å²) in [7, 11) is 4.90. The minimum atomic E-state index is 0.296. The Hall–Kier alpha value is -1.67. The number of anilines is 2. The monoisotopic (exact) mass is 299 g/mol. The molecule has 0 aromatic carbocycles. The smallest absolute Gasteiger partial charge is 0.322 e. The number of rotatable bonds is 11. The summed E-state index contributed by atoms with van der Waals surface area (Å²) in [6.45, 7) is 5.46. The molecule has 0 spiro atoms. The Labute approximate surface area is 125 Å². The number of methoxy groups -OCH3 is 3. The van der Waals surface area contributed by atoms with E-state index in [1.54, 1.807) is 21.3 Å². The average molecular weight is 299 g/mol. The summed E-state index contributed by atoms with van der Waals surface area (Å²) >= 11 is 0. The van der Waals surface area contributed by atoms with Crippen molar-refractivity contribution in [3.05, 3.63) is 0 Å². The van der Waals surface area contributed by atoms with E-state index in [9.17, 15) is 0 Å². The summed E-state index contributed by atoms with van der Waals surface area (Å²) in [5.74, 6) is 1.08. The maximum Gasteiger partial charge on any atom is 0.322 e. The van der Waals surface area contributed by atoms with Gasteiger partial charge < -0.3 is 24.4 Å². The van der Waals surface area contributed by atoms with Crippen LogP contribution in [0.1, 0.15) is 13.3 Å². The lowest BCUT2D eigenvalue weighted by Gasteiger charge is -2.22. The van der Waals surface area contributed by atoms with Crippen molar-refractivity contribution in [1.29, 1.82) is 0 Å². The molecule has 8 heteroatoms. The molecule has 0 radical (unpaired) electrons. The molecule has 21 heavy (non-hydrogen) atoms. The van der Waals surface area contributed by atoms with Crippen LogP contribution in [-0.4, -0.2) is 69.1 Å². The van der Waals surface area contributed by atoms with Gasteiger partial charge in [-0.25, -0.2) is 0 Å². The van der Waals surface area contributed by atoms with Crippen LogP contribution in [-0.2, 0) is 9.47 Å². The molecule has 120 valence electrons. The predicted molar refractivity (Wildman–Crippen MR) is 81.1 cm³/mol. The number of hydrogen-bond donors (Lipinski definition) is 1. The molecule has 0 amide bonds. The fraction of sp³-hybridized carbons (Fsp3) is 0.769. The van der Waals surface area contributed by atoms with Crippen molar-refractivity contribution in [3.8, 4) is 6.01 Å². The maximum atomic E-state index is 5.14. The molecule has 1 aromatic heterocycles. The van der Waals surface area contributed by atoms with Gasteiger partial charge in [0.15, 0.2) is 0 Å². The summed E-state index contributed by atoms with van der Waals surface area (Å²) in [6.07, 6.45) is 0.880. The molecule has 0 unspecified atom stereocenters. The predicted octanol–water partition coefficient (Wildman–Crippen LogP) is 0.801. The summed E-state index contributed by atoms with van der Waals surface area (Å²) in [6, 6.07) is 0.296. The van der Waals surface area contributed by atoms with Crippen molar-refractivity contribution in [2.24, 2.45) is 0 Å². The molecule has 0 fully saturated rings. The highest BCUT2D eigenvalue weighted by molar-refractivity contribution is 5.38. The van der Waals surface area contributed by atoms with Crippen molar-refractivity contribution in [2.45, 2.75) is 13.3 Å². The Morgan fingerprint density at radius 3 is 2.38 bits per heavy atom. The van der Waals surface area contributed by atoms with E-state index in [1.807, 2.05) is 11.8 Å². The molecule has 0 saturated heterocycles. The number of hydrogen-bond acceptors (Lipinski definition) is 8. The van der Waals surface area contributed by atoms with Gasteiger partial charge in [0, 0.05) is 40.5 Å². The molecule has 0 atom stereocenters. The van der Waals surface area contributed by atoms with Gasteiger partial charge in [-0.15, -0.1) is 0 Å². The van der Waals surface area contributed by atoms with Crippen LogP contribution in [0.3, 0.4) is 0 Å². The summed E-state index contributed by atoms with van der Waals surface area (Å²) < 4.78 is 15.4. The number of ether oxygens (including phenoxy) is 3. The minimum absolute atomic E-state index is 0.296. The molecule has 0 aliphatic rings. The van der Waals surface area contributed by atoms with E-state index < -0.39 is 0 Å². The lowest BCUT2D eigenvalue weighted by molar-refractivity contribution is 0.190. The van der Waals surface area contributed by atoms with E-state index in [0.29, 0.717) is 37.7 Å². The van der Waals surface area contributed by atoms with Gasteiger partial charge in [-0.1, -0.05) is 0 Å². The van der Waals surface area contributed by atoms with Crippen LogP contribution in [0, 0.1) is 0 Å². The van der Waals surface area contributed by atoms with Crippen LogP contribution in [0.2, 0.25) is 0 Å². The third-order valence-corrected chi connectivity index (χ3v) is 2.75. The van der Waals surface area contributed by atoms with Gasteiger partial charge in [0.2, 0.25) is 11.9 Å². The summed E-state index contributed by atoms with van der Waals surface area (Å²) in [5, 5.41) is 3.08. The Balaban J connectivity index is 2.89. The Kier molecular flexibility index (Phi) is 8.37. The van der Waals surface area contributed by atoms with Crippen LogP contribution >= 0.6 is 0 Å². The molecule has 0 aliphatic carbocycles. The van der Waals surface area contributed by atoms with Crippen LogP contribution in [0.25, 0.3) is 0 Å². The first-order chi connectivity index (χ1) is 10.2. The quantitative estimate of drug-likeness (QED) is 0.601. The van der Waals surface area contributed by atoms with Gasteiger partial charge in [0.1, 0.15) is 0 Å². The third-order valence-electron chi connectivity index (χ3n) is 2.75. The number of nitrogens with zero attached hydrogens (tertiary/aromatic N) is 4. The Morgan fingerprint density at radius 1 is 1.00 bits per heavy atom. The molecule has 0 aliphatic heterocycles. The standard InChI is InChI=1S/C13H25N5O3/c1-5-14-11-15-12(17-13(16-11)21-4)18(8-10-20-3)7-6-9-19-2/h5-10H2,1-4H3,(H,14,15,16,17). The summed E-state index contributed by atoms with van der Waals surface area (Å²) in [5.41, 5.74) is 0. The lowest BCUT2D eigenvalue weighted by atomic mass is 10.4. The topological polar surface area (TPSA) is 81.6 Å². The van der Waals surface area contributed by atoms with E-state index in [0.717, 1.165) is 19.5 Å². The van der Waals surface area contributed by atoms with Crippen molar-refractivity contribution in [2.75, 3.05) is 64.4 Å². The Morgan fingerprint density at radius 2 is 1.76 bits per heavy atom. The van der Waals surface area contributed by atoms with Crippen molar-refractivity contribution in [1.82, 2.24) is 15.0 Å². The molecule has 1 aromatic rings. The number of nitrogens with one attached hydrogen (secondary N) is 1. The third kappa shape index (κ3) is 6.09. The molecule has 1 N–H and O–H groups in total. The van der Waals surface area contributed by atoms with Gasteiger partial charge in [-0.3, -0.25) is 0 Å². The number of aromatic nitrogens is 3. The van der Waals surface area contributed by atoms with E-state index in [-0.39, 0.29) is 0 Å². The van der Waals surface area contributed by atoms with Gasteiger partial charge in [-0.2, -0.15) is 15.0 Å². The van der Waals surface area contributed by atoms with Crippen molar-refractivity contribution >= 4 is 11.9 Å². The molecule has 0 saturated carbocycles. The summed E-state index contributed by atoms with van der Waals surface area (Å²) in [4.78, 5) is 14.9. The molecule has 8 nitrogen and oxygen atoms in total. The van der Waals surface area contributed by atoms with Crippen molar-refractivity contribution < 1.29 is 14.2 Å². The van der Waals surface area contributed by atoms with E-state index >= 15 is 0 Å². The van der Waals surface area contributed by atoms with E-state index in [4.69, 9.17) is 14.2 Å². The zero-order valence-corrected chi connectivity index (χ0v) is 13.3. The second-order valence-electron chi connectivity index (χ2n) is 4.30. The zero-order valence-electron chi connectivity index (χ0n) is 13.3. The van der Waals surface area contributed by atoms with Gasteiger partial charge in [-0.05, 0) is 13.3 Å². The fourth-order valence-corrected chi connectivity index (χ4v) is 1.73. The van der Waals surface area contributed by atoms with E-state index in [2.05, 4.69) is 20.3 Å². The lowest BCUT2D eigenvalue weighted by Crippen LogP contribution is -2.31. The Bertz CT molecular complexity index is 405. The maximum absolute atomic E-state index is 5.14. The fourth-order valence-electron chi connectivity index (χ4n) is 1.73. The molecule has 0 bridgehead atoms. The second-order valence-corrected chi connectivity index (χ2v) is 4.30. The first-order valence-electron chi connectivity index (χ1n) is 7.01. The first kappa shape index (κ1) is 17.4. The van der Waals surface area contributed by atoms with Crippen LogP contribution < -0.4 is 15.0 Å². The highest BCUT2D eigenvalue weighted by atomic mass is 16.5. The minimum Gasteiger partial charge on any atom is -0.467 e. The average Bonchev–Trinajstić information content (AvgIpc) is 2.50. The van der Waals surface area contributed by atoms with Crippen LogP contribution in [0.15, 0.2) is 0 Å². The molecule has 1 rings (SSSR count). The van der Waals surface area contributed by atoms with E-state index in [1.165, 1.54) is 0 Å².